The van der Waals surface area contributed by atoms with E-state index in [1.807, 2.05) is 12.1 Å². The average molecular weight is 339 g/mol. The summed E-state index contributed by atoms with van der Waals surface area (Å²) in [5.41, 5.74) is 2.77. The van der Waals surface area contributed by atoms with Gasteiger partial charge in [0.2, 0.25) is 0 Å². The first-order valence-electron chi connectivity index (χ1n) is 5.41. The molecular weight excluding hydrogens is 324 g/mol. The molecule has 0 aliphatic carbocycles. The maximum atomic E-state index is 11.4. The molecule has 2 unspecified atom stereocenters. The molecule has 0 amide bonds. The van der Waals surface area contributed by atoms with Crippen molar-refractivity contribution >= 4 is 37.1 Å². The van der Waals surface area contributed by atoms with E-state index in [1.165, 1.54) is 4.88 Å². The molecule has 3 N–H and O–H groups in total. The number of hydrogen-bond acceptors (Lipinski definition) is 5. The van der Waals surface area contributed by atoms with Gasteiger partial charge in [-0.1, -0.05) is 0 Å². The highest BCUT2D eigenvalue weighted by molar-refractivity contribution is 9.11. The minimum Gasteiger partial charge on any atom is -0.271 e. The summed E-state index contributed by atoms with van der Waals surface area (Å²) in [6.07, 6.45) is 1.50. The SMILES string of the molecule is NNC(Cc1ccc(Br)s1)C1CCS(=O)(=O)C1. The number of rotatable bonds is 4. The molecular formula is C10H15BrN2O2S2. The molecule has 0 radical (unpaired) electrons. The molecule has 17 heavy (non-hydrogen) atoms. The average Bonchev–Trinajstić information content (AvgIpc) is 2.81. The Labute approximate surface area is 114 Å². The van der Waals surface area contributed by atoms with Gasteiger partial charge in [0.1, 0.15) is 0 Å². The Morgan fingerprint density at radius 2 is 2.35 bits per heavy atom. The van der Waals surface area contributed by atoms with Gasteiger partial charge >= 0.3 is 0 Å². The summed E-state index contributed by atoms with van der Waals surface area (Å²) in [5.74, 6) is 6.23. The molecule has 2 rings (SSSR count). The number of halogens is 1. The standard InChI is InChI=1S/C10H15BrN2O2S2/c11-10-2-1-8(16-10)5-9(13-12)7-3-4-17(14,15)6-7/h1-2,7,9,13H,3-6,12H2. The first-order valence-corrected chi connectivity index (χ1v) is 8.84. The lowest BCUT2D eigenvalue weighted by molar-refractivity contribution is 0.387. The summed E-state index contributed by atoms with van der Waals surface area (Å²) in [4.78, 5) is 1.21. The summed E-state index contributed by atoms with van der Waals surface area (Å²) in [5, 5.41) is 0. The molecule has 1 fully saturated rings. The second-order valence-electron chi connectivity index (χ2n) is 4.35. The molecule has 0 bridgehead atoms. The van der Waals surface area contributed by atoms with E-state index in [0.717, 1.165) is 10.2 Å². The quantitative estimate of drug-likeness (QED) is 0.641. The Morgan fingerprint density at radius 3 is 2.82 bits per heavy atom. The maximum absolute atomic E-state index is 11.4. The van der Waals surface area contributed by atoms with Crippen LogP contribution in [0, 0.1) is 5.92 Å². The van der Waals surface area contributed by atoms with Crippen molar-refractivity contribution in [1.82, 2.24) is 5.43 Å². The molecule has 7 heteroatoms. The first-order chi connectivity index (χ1) is 8.00. The second kappa shape index (κ2) is 5.36. The van der Waals surface area contributed by atoms with Crippen LogP contribution < -0.4 is 11.3 Å². The fraction of sp³-hybridized carbons (Fsp3) is 0.600. The minimum absolute atomic E-state index is 0.0397. The topological polar surface area (TPSA) is 72.2 Å². The van der Waals surface area contributed by atoms with Gasteiger partial charge < -0.3 is 0 Å². The van der Waals surface area contributed by atoms with Crippen LogP contribution in [-0.4, -0.2) is 26.0 Å². The van der Waals surface area contributed by atoms with E-state index in [9.17, 15) is 8.42 Å². The summed E-state index contributed by atoms with van der Waals surface area (Å²) >= 11 is 5.08. The van der Waals surface area contributed by atoms with Gasteiger partial charge in [-0.15, -0.1) is 11.3 Å². The van der Waals surface area contributed by atoms with Gasteiger partial charge in [-0.25, -0.2) is 8.42 Å². The van der Waals surface area contributed by atoms with Crippen LogP contribution in [0.2, 0.25) is 0 Å². The molecule has 2 heterocycles. The Bertz CT molecular complexity index is 486. The predicted octanol–water partition coefficient (Wildman–Crippen LogP) is 1.32. The van der Waals surface area contributed by atoms with Crippen LogP contribution in [0.4, 0.5) is 0 Å². The van der Waals surface area contributed by atoms with Crippen LogP contribution in [0.3, 0.4) is 0 Å². The third-order valence-electron chi connectivity index (χ3n) is 3.10. The van der Waals surface area contributed by atoms with Gasteiger partial charge in [0.05, 0.1) is 15.3 Å². The normalized spacial score (nSPS) is 24.9. The van der Waals surface area contributed by atoms with Crippen LogP contribution in [-0.2, 0) is 16.3 Å². The fourth-order valence-electron chi connectivity index (χ4n) is 2.18. The highest BCUT2D eigenvalue weighted by Crippen LogP contribution is 2.27. The number of hydrazine groups is 1. The lowest BCUT2D eigenvalue weighted by Crippen LogP contribution is -2.42. The van der Waals surface area contributed by atoms with Gasteiger partial charge in [0.15, 0.2) is 9.84 Å². The van der Waals surface area contributed by atoms with Crippen molar-refractivity contribution < 1.29 is 8.42 Å². The van der Waals surface area contributed by atoms with Crippen molar-refractivity contribution in [2.24, 2.45) is 11.8 Å². The summed E-state index contributed by atoms with van der Waals surface area (Å²) in [6, 6.07) is 4.08. The minimum atomic E-state index is -2.84. The molecule has 1 aromatic rings. The van der Waals surface area contributed by atoms with E-state index in [0.29, 0.717) is 12.2 Å². The molecule has 1 aliphatic rings. The molecule has 1 aromatic heterocycles. The van der Waals surface area contributed by atoms with Crippen LogP contribution in [0.5, 0.6) is 0 Å². The summed E-state index contributed by atoms with van der Waals surface area (Å²) in [7, 11) is -2.84. The van der Waals surface area contributed by atoms with Crippen LogP contribution in [0.25, 0.3) is 0 Å². The smallest absolute Gasteiger partial charge is 0.150 e. The molecule has 0 saturated carbocycles. The molecule has 0 aromatic carbocycles. The van der Waals surface area contributed by atoms with E-state index in [-0.39, 0.29) is 17.7 Å². The fourth-order valence-corrected chi connectivity index (χ4v) is 5.60. The number of nitrogens with one attached hydrogen (secondary N) is 1. The van der Waals surface area contributed by atoms with E-state index in [2.05, 4.69) is 21.4 Å². The van der Waals surface area contributed by atoms with Crippen molar-refractivity contribution in [3.8, 4) is 0 Å². The largest absolute Gasteiger partial charge is 0.271 e. The van der Waals surface area contributed by atoms with Crippen molar-refractivity contribution in [3.63, 3.8) is 0 Å². The third-order valence-corrected chi connectivity index (χ3v) is 6.54. The summed E-state index contributed by atoms with van der Waals surface area (Å²) in [6.45, 7) is 0. The van der Waals surface area contributed by atoms with Gasteiger partial charge in [-0.2, -0.15) is 0 Å². The Hall–Kier alpha value is 0.0500. The van der Waals surface area contributed by atoms with E-state index in [1.54, 1.807) is 11.3 Å². The predicted molar refractivity (Wildman–Crippen MR) is 73.6 cm³/mol. The van der Waals surface area contributed by atoms with Gasteiger partial charge in [0, 0.05) is 10.9 Å². The molecule has 96 valence electrons. The van der Waals surface area contributed by atoms with Crippen molar-refractivity contribution in [2.75, 3.05) is 11.5 Å². The number of thiophene rings is 1. The molecule has 0 spiro atoms. The van der Waals surface area contributed by atoms with Crippen molar-refractivity contribution in [3.05, 3.63) is 20.8 Å². The Kier molecular flexibility index (Phi) is 4.25. The van der Waals surface area contributed by atoms with Gasteiger partial charge in [0.25, 0.3) is 0 Å². The van der Waals surface area contributed by atoms with E-state index < -0.39 is 9.84 Å². The number of sulfone groups is 1. The number of nitrogens with two attached hydrogens (primary N) is 1. The van der Waals surface area contributed by atoms with E-state index >= 15 is 0 Å². The molecule has 2 atom stereocenters. The highest BCUT2D eigenvalue weighted by atomic mass is 79.9. The zero-order valence-electron chi connectivity index (χ0n) is 9.23. The lowest BCUT2D eigenvalue weighted by Gasteiger charge is -2.20. The highest BCUT2D eigenvalue weighted by Gasteiger charge is 2.33. The summed E-state index contributed by atoms with van der Waals surface area (Å²) < 4.78 is 24.0. The van der Waals surface area contributed by atoms with E-state index in [4.69, 9.17) is 5.84 Å². The molecule has 4 nitrogen and oxygen atoms in total. The maximum Gasteiger partial charge on any atom is 0.150 e. The molecule has 1 aliphatic heterocycles. The van der Waals surface area contributed by atoms with Gasteiger partial charge in [-0.3, -0.25) is 11.3 Å². The third kappa shape index (κ3) is 3.51. The van der Waals surface area contributed by atoms with Crippen molar-refractivity contribution in [2.45, 2.75) is 18.9 Å². The Morgan fingerprint density at radius 1 is 1.59 bits per heavy atom. The van der Waals surface area contributed by atoms with Crippen LogP contribution >= 0.6 is 27.3 Å². The van der Waals surface area contributed by atoms with Crippen LogP contribution in [0.1, 0.15) is 11.3 Å². The monoisotopic (exact) mass is 338 g/mol. The number of hydrogen-bond donors (Lipinski definition) is 2. The van der Waals surface area contributed by atoms with Crippen LogP contribution in [0.15, 0.2) is 15.9 Å². The second-order valence-corrected chi connectivity index (χ2v) is 9.12. The zero-order chi connectivity index (χ0) is 12.5. The lowest BCUT2D eigenvalue weighted by atomic mass is 9.96. The Balaban J connectivity index is 2.02. The van der Waals surface area contributed by atoms with Crippen molar-refractivity contribution in [1.29, 1.82) is 0 Å². The van der Waals surface area contributed by atoms with Gasteiger partial charge in [-0.05, 0) is 46.8 Å². The first kappa shape index (κ1) is 13.5. The zero-order valence-corrected chi connectivity index (χ0v) is 12.4. The molecule has 1 saturated heterocycles.